The Morgan fingerprint density at radius 2 is 2.26 bits per heavy atom. The molecule has 0 atom stereocenters. The van der Waals surface area contributed by atoms with Crippen LogP contribution in [0.15, 0.2) is 27.3 Å². The zero-order valence-electron chi connectivity index (χ0n) is 12.5. The van der Waals surface area contributed by atoms with E-state index in [0.29, 0.717) is 36.9 Å². The van der Waals surface area contributed by atoms with Crippen molar-refractivity contribution in [2.45, 2.75) is 26.2 Å². The van der Waals surface area contributed by atoms with Gasteiger partial charge in [-0.2, -0.15) is 4.98 Å². The fourth-order valence-electron chi connectivity index (χ4n) is 1.92. The number of aryl methyl sites for hydroxylation is 2. The molecule has 3 aromatic rings. The van der Waals surface area contributed by atoms with Gasteiger partial charge in [-0.25, -0.2) is 0 Å². The number of rotatable bonds is 7. The van der Waals surface area contributed by atoms with Crippen molar-refractivity contribution in [1.82, 2.24) is 25.7 Å². The Balaban J connectivity index is 1.40. The number of aromatic nitrogens is 4. The summed E-state index contributed by atoms with van der Waals surface area (Å²) < 4.78 is 10.3. The highest BCUT2D eigenvalue weighted by Crippen LogP contribution is 2.16. The van der Waals surface area contributed by atoms with E-state index in [1.54, 1.807) is 12.1 Å². The van der Waals surface area contributed by atoms with E-state index >= 15 is 0 Å². The van der Waals surface area contributed by atoms with Gasteiger partial charge in [-0.05, 0) is 19.1 Å². The minimum atomic E-state index is -0.0658. The molecule has 3 heterocycles. The van der Waals surface area contributed by atoms with Gasteiger partial charge in [0.05, 0.1) is 6.26 Å². The maximum Gasteiger partial charge on any atom is 0.238 e. The van der Waals surface area contributed by atoms with Gasteiger partial charge in [0.15, 0.2) is 5.76 Å². The first-order valence-corrected chi connectivity index (χ1v) is 7.94. The molecule has 23 heavy (non-hydrogen) atoms. The van der Waals surface area contributed by atoms with E-state index in [1.165, 1.54) is 17.6 Å². The number of carbonyl (C=O) groups excluding carboxylic acids is 1. The van der Waals surface area contributed by atoms with Crippen LogP contribution in [0, 0.1) is 6.92 Å². The maximum atomic E-state index is 11.8. The van der Waals surface area contributed by atoms with E-state index in [-0.39, 0.29) is 12.3 Å². The Hall–Kier alpha value is -2.55. The molecule has 0 aliphatic rings. The van der Waals surface area contributed by atoms with Crippen LogP contribution >= 0.6 is 11.3 Å². The smallest absolute Gasteiger partial charge is 0.238 e. The van der Waals surface area contributed by atoms with Crippen LogP contribution in [-0.2, 0) is 17.6 Å². The number of nitrogens with one attached hydrogen (secondary N) is 1. The van der Waals surface area contributed by atoms with Gasteiger partial charge in [0.25, 0.3) is 0 Å². The van der Waals surface area contributed by atoms with Crippen LogP contribution in [0.25, 0.3) is 11.6 Å². The zero-order chi connectivity index (χ0) is 16.1. The first kappa shape index (κ1) is 15.3. The zero-order valence-corrected chi connectivity index (χ0v) is 13.3. The molecule has 120 valence electrons. The Labute approximate surface area is 135 Å². The molecule has 8 nitrogen and oxygen atoms in total. The van der Waals surface area contributed by atoms with Crippen molar-refractivity contribution in [3.63, 3.8) is 0 Å². The fourth-order valence-corrected chi connectivity index (χ4v) is 2.63. The standard InChI is InChI=1S/C14H15N5O3S/c1-9-17-18-13(23-9)6-7-15-11(20)4-5-12-16-14(19-22-12)10-3-2-8-21-10/h2-3,8H,4-7H2,1H3,(H,15,20). The summed E-state index contributed by atoms with van der Waals surface area (Å²) >= 11 is 1.54. The molecule has 0 spiro atoms. The van der Waals surface area contributed by atoms with Gasteiger partial charge in [-0.15, -0.1) is 21.5 Å². The van der Waals surface area contributed by atoms with Gasteiger partial charge >= 0.3 is 0 Å². The molecule has 1 N–H and O–H groups in total. The lowest BCUT2D eigenvalue weighted by Gasteiger charge is -2.01. The van der Waals surface area contributed by atoms with Crippen LogP contribution in [0.4, 0.5) is 0 Å². The lowest BCUT2D eigenvalue weighted by molar-refractivity contribution is -0.121. The molecule has 3 aromatic heterocycles. The van der Waals surface area contributed by atoms with Gasteiger partial charge in [-0.3, -0.25) is 4.79 Å². The average molecular weight is 333 g/mol. The van der Waals surface area contributed by atoms with Crippen LogP contribution in [0.5, 0.6) is 0 Å². The van der Waals surface area contributed by atoms with E-state index in [4.69, 9.17) is 8.94 Å². The van der Waals surface area contributed by atoms with Crippen molar-refractivity contribution < 1.29 is 13.7 Å². The largest absolute Gasteiger partial charge is 0.461 e. The molecule has 0 saturated carbocycles. The van der Waals surface area contributed by atoms with Crippen molar-refractivity contribution in [3.8, 4) is 11.6 Å². The Morgan fingerprint density at radius 3 is 3.00 bits per heavy atom. The summed E-state index contributed by atoms with van der Waals surface area (Å²) in [6.45, 7) is 2.44. The number of hydrogen-bond acceptors (Lipinski definition) is 8. The first-order valence-electron chi connectivity index (χ1n) is 7.13. The van der Waals surface area contributed by atoms with E-state index in [2.05, 4.69) is 25.7 Å². The molecular weight excluding hydrogens is 318 g/mol. The number of carbonyl (C=O) groups is 1. The van der Waals surface area contributed by atoms with Gasteiger partial charge in [0.1, 0.15) is 10.0 Å². The first-order chi connectivity index (χ1) is 11.2. The summed E-state index contributed by atoms with van der Waals surface area (Å²) in [6, 6.07) is 3.49. The summed E-state index contributed by atoms with van der Waals surface area (Å²) in [5, 5.41) is 16.4. The molecule has 0 aliphatic heterocycles. The van der Waals surface area contributed by atoms with Gasteiger partial charge < -0.3 is 14.3 Å². The number of amides is 1. The summed E-state index contributed by atoms with van der Waals surface area (Å²) in [7, 11) is 0. The SMILES string of the molecule is Cc1nnc(CCNC(=O)CCc2nc(-c3ccco3)no2)s1. The summed E-state index contributed by atoms with van der Waals surface area (Å²) in [5.41, 5.74) is 0. The molecule has 0 bridgehead atoms. The molecule has 0 aliphatic carbocycles. The number of hydrogen-bond donors (Lipinski definition) is 1. The fraction of sp³-hybridized carbons (Fsp3) is 0.357. The van der Waals surface area contributed by atoms with Gasteiger partial charge in [0.2, 0.25) is 17.6 Å². The molecule has 0 radical (unpaired) electrons. The summed E-state index contributed by atoms with van der Waals surface area (Å²) in [4.78, 5) is 16.0. The topological polar surface area (TPSA) is 107 Å². The van der Waals surface area contributed by atoms with E-state index < -0.39 is 0 Å². The van der Waals surface area contributed by atoms with E-state index in [9.17, 15) is 4.79 Å². The Bertz CT molecular complexity index is 765. The minimum absolute atomic E-state index is 0.0658. The van der Waals surface area contributed by atoms with Crippen molar-refractivity contribution >= 4 is 17.2 Å². The van der Waals surface area contributed by atoms with Crippen molar-refractivity contribution in [1.29, 1.82) is 0 Å². The third-order valence-electron chi connectivity index (χ3n) is 3.00. The monoisotopic (exact) mass is 333 g/mol. The van der Waals surface area contributed by atoms with Gasteiger partial charge in [-0.1, -0.05) is 5.16 Å². The lowest BCUT2D eigenvalue weighted by Crippen LogP contribution is -2.25. The third-order valence-corrected chi connectivity index (χ3v) is 3.90. The van der Waals surface area contributed by atoms with Crippen LogP contribution in [-0.4, -0.2) is 32.8 Å². The van der Waals surface area contributed by atoms with Crippen LogP contribution < -0.4 is 5.32 Å². The van der Waals surface area contributed by atoms with E-state index in [0.717, 1.165) is 10.0 Å². The second kappa shape index (κ2) is 7.14. The second-order valence-electron chi connectivity index (χ2n) is 4.80. The molecule has 0 aromatic carbocycles. The Kier molecular flexibility index (Phi) is 4.77. The molecular formula is C14H15N5O3S. The highest BCUT2D eigenvalue weighted by atomic mass is 32.1. The van der Waals surface area contributed by atoms with Crippen LogP contribution in [0.2, 0.25) is 0 Å². The highest BCUT2D eigenvalue weighted by Gasteiger charge is 2.12. The summed E-state index contributed by atoms with van der Waals surface area (Å²) in [5.74, 6) is 1.27. The van der Waals surface area contributed by atoms with Crippen molar-refractivity contribution in [2.75, 3.05) is 6.54 Å². The molecule has 3 rings (SSSR count). The second-order valence-corrected chi connectivity index (χ2v) is 6.07. The van der Waals surface area contributed by atoms with Gasteiger partial charge in [0, 0.05) is 25.8 Å². The quantitative estimate of drug-likeness (QED) is 0.702. The predicted molar refractivity (Wildman–Crippen MR) is 81.7 cm³/mol. The molecule has 9 heteroatoms. The number of furan rings is 1. The molecule has 0 fully saturated rings. The predicted octanol–water partition coefficient (Wildman–Crippen LogP) is 1.78. The average Bonchev–Trinajstić information content (AvgIpc) is 3.26. The third kappa shape index (κ3) is 4.22. The Morgan fingerprint density at radius 1 is 1.35 bits per heavy atom. The maximum absolute atomic E-state index is 11.8. The molecule has 0 saturated heterocycles. The number of nitrogens with zero attached hydrogens (tertiary/aromatic N) is 4. The molecule has 1 amide bonds. The summed E-state index contributed by atoms with van der Waals surface area (Å²) in [6.07, 6.45) is 2.89. The normalized spacial score (nSPS) is 10.8. The van der Waals surface area contributed by atoms with Crippen molar-refractivity contribution in [3.05, 3.63) is 34.3 Å². The molecule has 0 unspecified atom stereocenters. The van der Waals surface area contributed by atoms with E-state index in [1.807, 2.05) is 6.92 Å². The van der Waals surface area contributed by atoms with Crippen LogP contribution in [0.3, 0.4) is 0 Å². The lowest BCUT2D eigenvalue weighted by atomic mass is 10.3. The minimum Gasteiger partial charge on any atom is -0.461 e. The van der Waals surface area contributed by atoms with Crippen molar-refractivity contribution in [2.24, 2.45) is 0 Å². The highest BCUT2D eigenvalue weighted by molar-refractivity contribution is 7.11. The van der Waals surface area contributed by atoms with Crippen LogP contribution in [0.1, 0.15) is 22.3 Å².